The molecule has 1 aliphatic heterocycles. The molecule has 1 aliphatic rings. The van der Waals surface area contributed by atoms with Crippen LogP contribution in [0.15, 0.2) is 60.7 Å². The molecule has 0 bridgehead atoms. The van der Waals surface area contributed by atoms with Crippen molar-refractivity contribution in [1.29, 1.82) is 0 Å². The third kappa shape index (κ3) is 3.96. The van der Waals surface area contributed by atoms with Gasteiger partial charge in [-0.15, -0.1) is 0 Å². The minimum Gasteiger partial charge on any atom is -0.423 e. The molecule has 1 amide bonds. The van der Waals surface area contributed by atoms with Gasteiger partial charge in [0.25, 0.3) is 5.91 Å². The fourth-order valence-corrected chi connectivity index (χ4v) is 3.48. The van der Waals surface area contributed by atoms with E-state index >= 15 is 0 Å². The number of anilines is 1. The molecule has 0 atom stereocenters. The lowest BCUT2D eigenvalue weighted by Gasteiger charge is -2.14. The van der Waals surface area contributed by atoms with Crippen LogP contribution in [-0.4, -0.2) is 12.8 Å². The zero-order chi connectivity index (χ0) is 21.5. The van der Waals surface area contributed by atoms with Crippen LogP contribution in [0.5, 0.6) is 0 Å². The summed E-state index contributed by atoms with van der Waals surface area (Å²) in [5.74, 6) is -2.03. The Hall–Kier alpha value is -3.13. The maximum absolute atomic E-state index is 13.3. The summed E-state index contributed by atoms with van der Waals surface area (Å²) in [6.45, 7) is 2.05. The summed E-state index contributed by atoms with van der Waals surface area (Å²) in [4.78, 5) is 12.5. The molecule has 152 valence electrons. The third-order valence-corrected chi connectivity index (χ3v) is 5.00. The molecule has 0 aromatic heterocycles. The van der Waals surface area contributed by atoms with Gasteiger partial charge in [-0.05, 0) is 53.7 Å². The molecule has 30 heavy (non-hydrogen) atoms. The Kier molecular flexibility index (Phi) is 5.11. The van der Waals surface area contributed by atoms with Crippen molar-refractivity contribution < 1.29 is 27.0 Å². The lowest BCUT2D eigenvalue weighted by molar-refractivity contribution is -0.138. The Morgan fingerprint density at radius 2 is 1.77 bits per heavy atom. The highest BCUT2D eigenvalue weighted by molar-refractivity contribution is 6.81. The van der Waals surface area contributed by atoms with Crippen molar-refractivity contribution in [2.75, 3.05) is 5.32 Å². The van der Waals surface area contributed by atoms with E-state index in [2.05, 4.69) is 5.32 Å². The molecule has 0 spiro atoms. The number of hydrogen-bond acceptors (Lipinski definition) is 2. The van der Waals surface area contributed by atoms with Gasteiger partial charge >= 0.3 is 13.1 Å². The molecule has 4 rings (SSSR count). The quantitative estimate of drug-likeness (QED) is 0.520. The summed E-state index contributed by atoms with van der Waals surface area (Å²) >= 11 is 0. The van der Waals surface area contributed by atoms with E-state index in [-0.39, 0.29) is 6.92 Å². The summed E-state index contributed by atoms with van der Waals surface area (Å²) in [5.41, 5.74) is 2.21. The molecule has 0 unspecified atom stereocenters. The first-order valence-electron chi connectivity index (χ1n) is 9.21. The summed E-state index contributed by atoms with van der Waals surface area (Å²) in [6.07, 6.45) is -4.85. The van der Waals surface area contributed by atoms with E-state index in [0.717, 1.165) is 34.2 Å². The van der Waals surface area contributed by atoms with Crippen LogP contribution in [0.25, 0.3) is 0 Å². The Morgan fingerprint density at radius 1 is 1.03 bits per heavy atom. The van der Waals surface area contributed by atoms with Crippen LogP contribution in [-0.2, 0) is 17.4 Å². The van der Waals surface area contributed by atoms with Crippen LogP contribution < -0.4 is 16.2 Å². The predicted octanol–water partition coefficient (Wildman–Crippen LogP) is 4.04. The summed E-state index contributed by atoms with van der Waals surface area (Å²) in [6, 6.07) is 14.9. The van der Waals surface area contributed by atoms with Crippen molar-refractivity contribution in [2.45, 2.75) is 19.7 Å². The first-order valence-corrected chi connectivity index (χ1v) is 9.21. The molecule has 1 heterocycles. The first-order chi connectivity index (χ1) is 14.2. The number of benzene rings is 3. The van der Waals surface area contributed by atoms with Gasteiger partial charge in [0.1, 0.15) is 5.82 Å². The largest absolute Gasteiger partial charge is 0.423 e. The number of amides is 1. The van der Waals surface area contributed by atoms with Crippen molar-refractivity contribution in [2.24, 2.45) is 0 Å². The van der Waals surface area contributed by atoms with Crippen LogP contribution in [0.3, 0.4) is 0 Å². The molecule has 1 N–H and O–H groups in total. The average molecular weight is 413 g/mol. The lowest BCUT2D eigenvalue weighted by atomic mass is 9.56. The SMILES string of the molecule is Cc1ccc(B2OCc3ccc(NC(=O)c4ccc(F)cc4C(F)(F)F)cc32)cc1. The van der Waals surface area contributed by atoms with Gasteiger partial charge in [0, 0.05) is 5.69 Å². The highest BCUT2D eigenvalue weighted by Crippen LogP contribution is 2.33. The second-order valence-electron chi connectivity index (χ2n) is 7.16. The van der Waals surface area contributed by atoms with E-state index in [1.807, 2.05) is 31.2 Å². The van der Waals surface area contributed by atoms with E-state index in [1.54, 1.807) is 18.2 Å². The standard InChI is InChI=1S/C22H16BF4NO2/c1-13-2-5-15(6-3-13)23-20-11-17(8-4-14(20)12-30-23)28-21(29)18-9-7-16(24)10-19(18)22(25,26)27/h2-11H,12H2,1H3,(H,28,29). The highest BCUT2D eigenvalue weighted by atomic mass is 19.4. The monoisotopic (exact) mass is 413 g/mol. The Labute approximate surface area is 170 Å². The minimum absolute atomic E-state index is 0.318. The molecule has 0 fully saturated rings. The second-order valence-corrected chi connectivity index (χ2v) is 7.16. The molecule has 3 aromatic rings. The fourth-order valence-electron chi connectivity index (χ4n) is 3.48. The molecular formula is C22H16BF4NO2. The van der Waals surface area contributed by atoms with E-state index in [9.17, 15) is 22.4 Å². The molecule has 0 saturated heterocycles. The number of hydrogen-bond donors (Lipinski definition) is 1. The molecule has 8 heteroatoms. The molecule has 3 aromatic carbocycles. The van der Waals surface area contributed by atoms with Gasteiger partial charge in [0.2, 0.25) is 0 Å². The van der Waals surface area contributed by atoms with Crippen LogP contribution in [0.4, 0.5) is 23.2 Å². The zero-order valence-corrected chi connectivity index (χ0v) is 15.9. The van der Waals surface area contributed by atoms with Gasteiger partial charge < -0.3 is 9.97 Å². The molecule has 0 aliphatic carbocycles. The van der Waals surface area contributed by atoms with Gasteiger partial charge in [-0.2, -0.15) is 13.2 Å². The smallest absolute Gasteiger partial charge is 0.417 e. The number of carbonyl (C=O) groups is 1. The third-order valence-electron chi connectivity index (χ3n) is 5.00. The summed E-state index contributed by atoms with van der Waals surface area (Å²) < 4.78 is 58.8. The van der Waals surface area contributed by atoms with Gasteiger partial charge in [-0.3, -0.25) is 4.79 Å². The normalized spacial score (nSPS) is 13.3. The number of carbonyl (C=O) groups excluding carboxylic acids is 1. The number of aryl methyl sites for hydroxylation is 1. The van der Waals surface area contributed by atoms with Crippen molar-refractivity contribution in [3.8, 4) is 0 Å². The lowest BCUT2D eigenvalue weighted by Crippen LogP contribution is -2.41. The highest BCUT2D eigenvalue weighted by Gasteiger charge is 2.36. The van der Waals surface area contributed by atoms with E-state index < -0.39 is 29.0 Å². The number of fused-ring (bicyclic) bond motifs is 1. The zero-order valence-electron chi connectivity index (χ0n) is 15.9. The number of halogens is 4. The number of nitrogens with one attached hydrogen (secondary N) is 1. The Balaban J connectivity index is 1.62. The van der Waals surface area contributed by atoms with Gasteiger partial charge in [-0.1, -0.05) is 35.9 Å². The Morgan fingerprint density at radius 3 is 2.47 bits per heavy atom. The van der Waals surface area contributed by atoms with Crippen LogP contribution in [0.1, 0.15) is 27.0 Å². The molecule has 3 nitrogen and oxygen atoms in total. The predicted molar refractivity (Wildman–Crippen MR) is 107 cm³/mol. The van der Waals surface area contributed by atoms with Crippen LogP contribution in [0, 0.1) is 12.7 Å². The summed E-state index contributed by atoms with van der Waals surface area (Å²) in [7, 11) is 0. The number of rotatable bonds is 3. The van der Waals surface area contributed by atoms with E-state index in [0.29, 0.717) is 18.4 Å². The Bertz CT molecular complexity index is 1110. The van der Waals surface area contributed by atoms with E-state index in [1.165, 1.54) is 0 Å². The molecular weight excluding hydrogens is 397 g/mol. The maximum Gasteiger partial charge on any atom is 0.417 e. The van der Waals surface area contributed by atoms with Gasteiger partial charge in [-0.25, -0.2) is 4.39 Å². The van der Waals surface area contributed by atoms with Crippen molar-refractivity contribution in [3.05, 3.63) is 88.7 Å². The van der Waals surface area contributed by atoms with Gasteiger partial charge in [0.15, 0.2) is 0 Å². The first kappa shape index (κ1) is 20.2. The molecule has 0 radical (unpaired) electrons. The maximum atomic E-state index is 13.3. The van der Waals surface area contributed by atoms with Crippen LogP contribution in [0.2, 0.25) is 0 Å². The summed E-state index contributed by atoms with van der Waals surface area (Å²) in [5, 5.41) is 2.48. The number of alkyl halides is 3. The fraction of sp³-hybridized carbons (Fsp3) is 0.136. The van der Waals surface area contributed by atoms with Crippen LogP contribution >= 0.6 is 0 Å². The average Bonchev–Trinajstić information content (AvgIpc) is 3.11. The van der Waals surface area contributed by atoms with Crippen molar-refractivity contribution >= 4 is 29.4 Å². The van der Waals surface area contributed by atoms with E-state index in [4.69, 9.17) is 4.65 Å². The van der Waals surface area contributed by atoms with Crippen molar-refractivity contribution in [3.63, 3.8) is 0 Å². The molecule has 0 saturated carbocycles. The minimum atomic E-state index is -4.85. The van der Waals surface area contributed by atoms with Gasteiger partial charge in [0.05, 0.1) is 17.7 Å². The van der Waals surface area contributed by atoms with Crippen molar-refractivity contribution in [1.82, 2.24) is 0 Å². The topological polar surface area (TPSA) is 38.3 Å². The second kappa shape index (κ2) is 7.61.